The molecule has 3 nitrogen and oxygen atoms in total. The van der Waals surface area contributed by atoms with Crippen molar-refractivity contribution in [1.82, 2.24) is 10.6 Å². The first-order chi connectivity index (χ1) is 8.16. The normalized spacial score (nSPS) is 14.7. The van der Waals surface area contributed by atoms with Crippen molar-refractivity contribution in [2.24, 2.45) is 0 Å². The van der Waals surface area contributed by atoms with Gasteiger partial charge in [0.2, 0.25) is 0 Å². The molecule has 0 aliphatic heterocycles. The standard InChI is InChI=1S/C12H14BrClN2O/c13-11-4-1-8(14)7-10(11)12(17)16-6-5-15-9-2-3-9/h1,4,7,9,15H,2-3,5-6H2,(H,16,17). The van der Waals surface area contributed by atoms with E-state index in [1.165, 1.54) is 12.8 Å². The molecule has 0 aromatic heterocycles. The SMILES string of the molecule is O=C(NCCNC1CC1)c1cc(Cl)ccc1Br. The fourth-order valence-electron chi connectivity index (χ4n) is 1.51. The van der Waals surface area contributed by atoms with Crippen molar-refractivity contribution in [3.63, 3.8) is 0 Å². The Hall–Kier alpha value is -0.580. The Morgan fingerprint density at radius 3 is 2.88 bits per heavy atom. The molecular weight excluding hydrogens is 304 g/mol. The average Bonchev–Trinajstić information content (AvgIpc) is 3.11. The molecule has 0 bridgehead atoms. The van der Waals surface area contributed by atoms with E-state index in [0.29, 0.717) is 23.2 Å². The Labute approximate surface area is 114 Å². The van der Waals surface area contributed by atoms with Crippen molar-refractivity contribution >= 4 is 33.4 Å². The molecule has 0 heterocycles. The van der Waals surface area contributed by atoms with E-state index in [1.54, 1.807) is 18.2 Å². The molecule has 1 fully saturated rings. The Balaban J connectivity index is 1.82. The summed E-state index contributed by atoms with van der Waals surface area (Å²) >= 11 is 9.20. The monoisotopic (exact) mass is 316 g/mol. The molecule has 1 aromatic rings. The topological polar surface area (TPSA) is 41.1 Å². The minimum Gasteiger partial charge on any atom is -0.351 e. The van der Waals surface area contributed by atoms with Crippen molar-refractivity contribution in [3.05, 3.63) is 33.3 Å². The van der Waals surface area contributed by atoms with Crippen LogP contribution in [0.5, 0.6) is 0 Å². The number of carbonyl (C=O) groups excluding carboxylic acids is 1. The first kappa shape index (κ1) is 12.9. The first-order valence-corrected chi connectivity index (χ1v) is 6.80. The van der Waals surface area contributed by atoms with Gasteiger partial charge < -0.3 is 10.6 Å². The summed E-state index contributed by atoms with van der Waals surface area (Å²) in [5, 5.41) is 6.76. The van der Waals surface area contributed by atoms with Gasteiger partial charge >= 0.3 is 0 Å². The molecule has 1 saturated carbocycles. The maximum Gasteiger partial charge on any atom is 0.252 e. The third kappa shape index (κ3) is 3.98. The van der Waals surface area contributed by atoms with Gasteiger partial charge in [-0.15, -0.1) is 0 Å². The zero-order valence-corrected chi connectivity index (χ0v) is 11.6. The van der Waals surface area contributed by atoms with Crippen molar-refractivity contribution in [3.8, 4) is 0 Å². The van der Waals surface area contributed by atoms with Gasteiger partial charge in [-0.2, -0.15) is 0 Å². The second-order valence-electron chi connectivity index (χ2n) is 4.11. The number of hydrogen-bond donors (Lipinski definition) is 2. The average molecular weight is 318 g/mol. The van der Waals surface area contributed by atoms with E-state index in [1.807, 2.05) is 0 Å². The first-order valence-electron chi connectivity index (χ1n) is 5.63. The van der Waals surface area contributed by atoms with Gasteiger partial charge in [0.1, 0.15) is 0 Å². The third-order valence-corrected chi connectivity index (χ3v) is 3.52. The number of benzene rings is 1. The highest BCUT2D eigenvalue weighted by Crippen LogP contribution is 2.21. The summed E-state index contributed by atoms with van der Waals surface area (Å²) in [6, 6.07) is 5.86. The number of halogens is 2. The zero-order valence-electron chi connectivity index (χ0n) is 9.30. The lowest BCUT2D eigenvalue weighted by molar-refractivity contribution is 0.0953. The molecule has 1 aliphatic rings. The van der Waals surface area contributed by atoms with E-state index in [9.17, 15) is 4.79 Å². The van der Waals surface area contributed by atoms with Crippen molar-refractivity contribution in [2.75, 3.05) is 13.1 Å². The highest BCUT2D eigenvalue weighted by molar-refractivity contribution is 9.10. The van der Waals surface area contributed by atoms with Gasteiger partial charge in [-0.3, -0.25) is 4.79 Å². The molecule has 2 rings (SSSR count). The lowest BCUT2D eigenvalue weighted by Gasteiger charge is -2.07. The molecule has 0 spiro atoms. The zero-order chi connectivity index (χ0) is 12.3. The predicted molar refractivity (Wildman–Crippen MR) is 72.5 cm³/mol. The van der Waals surface area contributed by atoms with Gasteiger partial charge in [0.25, 0.3) is 5.91 Å². The van der Waals surface area contributed by atoms with E-state index >= 15 is 0 Å². The van der Waals surface area contributed by atoms with Gasteiger partial charge in [0.15, 0.2) is 0 Å². The molecule has 5 heteroatoms. The van der Waals surface area contributed by atoms with E-state index in [-0.39, 0.29) is 5.91 Å². The molecular formula is C12H14BrClN2O. The van der Waals surface area contributed by atoms with E-state index in [0.717, 1.165) is 11.0 Å². The van der Waals surface area contributed by atoms with Crippen molar-refractivity contribution < 1.29 is 4.79 Å². The molecule has 0 atom stereocenters. The number of nitrogens with one attached hydrogen (secondary N) is 2. The van der Waals surface area contributed by atoms with E-state index < -0.39 is 0 Å². The Morgan fingerprint density at radius 1 is 1.41 bits per heavy atom. The van der Waals surface area contributed by atoms with Crippen LogP contribution in [-0.2, 0) is 0 Å². The maximum absolute atomic E-state index is 11.9. The highest BCUT2D eigenvalue weighted by Gasteiger charge is 2.19. The second-order valence-corrected chi connectivity index (χ2v) is 5.40. The lowest BCUT2D eigenvalue weighted by atomic mass is 10.2. The van der Waals surface area contributed by atoms with Crippen molar-refractivity contribution in [1.29, 1.82) is 0 Å². The van der Waals surface area contributed by atoms with Crippen LogP contribution in [0.15, 0.2) is 22.7 Å². The minimum atomic E-state index is -0.100. The molecule has 2 N–H and O–H groups in total. The van der Waals surface area contributed by atoms with E-state index in [4.69, 9.17) is 11.6 Å². The highest BCUT2D eigenvalue weighted by atomic mass is 79.9. The molecule has 0 radical (unpaired) electrons. The smallest absolute Gasteiger partial charge is 0.252 e. The van der Waals surface area contributed by atoms with Gasteiger partial charge in [0, 0.05) is 28.6 Å². The van der Waals surface area contributed by atoms with Crippen LogP contribution in [0.3, 0.4) is 0 Å². The summed E-state index contributed by atoms with van der Waals surface area (Å²) in [6.45, 7) is 1.45. The Bertz CT molecular complexity index is 421. The summed E-state index contributed by atoms with van der Waals surface area (Å²) in [6.07, 6.45) is 2.52. The van der Waals surface area contributed by atoms with Gasteiger partial charge in [-0.05, 0) is 47.0 Å². The molecule has 1 aliphatic carbocycles. The number of carbonyl (C=O) groups is 1. The number of rotatable bonds is 5. The second kappa shape index (κ2) is 5.85. The summed E-state index contributed by atoms with van der Waals surface area (Å²) in [5.41, 5.74) is 0.573. The number of amides is 1. The van der Waals surface area contributed by atoms with Crippen LogP contribution in [0.4, 0.5) is 0 Å². The van der Waals surface area contributed by atoms with Crippen LogP contribution in [0, 0.1) is 0 Å². The van der Waals surface area contributed by atoms with Crippen LogP contribution in [0.2, 0.25) is 5.02 Å². The molecule has 0 unspecified atom stereocenters. The molecule has 17 heavy (non-hydrogen) atoms. The van der Waals surface area contributed by atoms with Crippen molar-refractivity contribution in [2.45, 2.75) is 18.9 Å². The fraction of sp³-hybridized carbons (Fsp3) is 0.417. The van der Waals surface area contributed by atoms with Crippen LogP contribution >= 0.6 is 27.5 Å². The summed E-state index contributed by atoms with van der Waals surface area (Å²) in [4.78, 5) is 11.9. The van der Waals surface area contributed by atoms with Crippen LogP contribution in [0.25, 0.3) is 0 Å². The predicted octanol–water partition coefficient (Wildman–Crippen LogP) is 2.58. The summed E-state index contributed by atoms with van der Waals surface area (Å²) < 4.78 is 0.759. The van der Waals surface area contributed by atoms with Gasteiger partial charge in [-0.1, -0.05) is 11.6 Å². The molecule has 0 saturated heterocycles. The van der Waals surface area contributed by atoms with Crippen LogP contribution < -0.4 is 10.6 Å². The quantitative estimate of drug-likeness (QED) is 0.820. The summed E-state index contributed by atoms with van der Waals surface area (Å²) in [7, 11) is 0. The fourth-order valence-corrected chi connectivity index (χ4v) is 2.11. The number of hydrogen-bond acceptors (Lipinski definition) is 2. The van der Waals surface area contributed by atoms with Gasteiger partial charge in [-0.25, -0.2) is 0 Å². The van der Waals surface area contributed by atoms with E-state index in [2.05, 4.69) is 26.6 Å². The lowest BCUT2D eigenvalue weighted by Crippen LogP contribution is -2.32. The maximum atomic E-state index is 11.9. The Morgan fingerprint density at radius 2 is 2.18 bits per heavy atom. The van der Waals surface area contributed by atoms with Gasteiger partial charge in [0.05, 0.1) is 5.56 Å². The van der Waals surface area contributed by atoms with Crippen LogP contribution in [0.1, 0.15) is 23.2 Å². The minimum absolute atomic E-state index is 0.100. The molecule has 92 valence electrons. The largest absolute Gasteiger partial charge is 0.351 e. The molecule has 1 amide bonds. The van der Waals surface area contributed by atoms with Crippen LogP contribution in [-0.4, -0.2) is 25.0 Å². The third-order valence-electron chi connectivity index (χ3n) is 2.59. The summed E-state index contributed by atoms with van der Waals surface area (Å²) in [5.74, 6) is -0.100. The molecule has 1 aromatic carbocycles. The Kier molecular flexibility index (Phi) is 4.42.